The Hall–Kier alpha value is -1.65. The predicted octanol–water partition coefficient (Wildman–Crippen LogP) is 3.60. The Kier molecular flexibility index (Phi) is 4.93. The zero-order valence-electron chi connectivity index (χ0n) is 10.5. The first kappa shape index (κ1) is 14.8. The van der Waals surface area contributed by atoms with E-state index >= 15 is 0 Å². The molecule has 0 aliphatic heterocycles. The van der Waals surface area contributed by atoms with E-state index in [0.717, 1.165) is 6.07 Å². The summed E-state index contributed by atoms with van der Waals surface area (Å²) < 4.78 is 31.4. The van der Waals surface area contributed by atoms with Gasteiger partial charge in [0, 0.05) is 17.5 Å². The van der Waals surface area contributed by atoms with Gasteiger partial charge in [0.2, 0.25) is 0 Å². The number of hydrogen-bond acceptors (Lipinski definition) is 2. The largest absolute Gasteiger partial charge is 0.491 e. The molecular formula is C15H13ClF2O2. The maximum absolute atomic E-state index is 13.0. The molecule has 106 valence electrons. The van der Waals surface area contributed by atoms with Crippen molar-refractivity contribution in [3.05, 3.63) is 64.7 Å². The third-order valence-electron chi connectivity index (χ3n) is 2.65. The van der Waals surface area contributed by atoms with Crippen LogP contribution in [0.5, 0.6) is 5.75 Å². The maximum atomic E-state index is 13.0. The van der Waals surface area contributed by atoms with Crippen LogP contribution in [0.4, 0.5) is 8.78 Å². The van der Waals surface area contributed by atoms with Crippen molar-refractivity contribution in [2.45, 2.75) is 12.5 Å². The minimum atomic E-state index is -0.855. The van der Waals surface area contributed by atoms with Crippen molar-refractivity contribution in [1.82, 2.24) is 0 Å². The van der Waals surface area contributed by atoms with Crippen molar-refractivity contribution in [2.75, 3.05) is 6.61 Å². The third kappa shape index (κ3) is 4.47. The minimum Gasteiger partial charge on any atom is -0.491 e. The lowest BCUT2D eigenvalue weighted by Crippen LogP contribution is -2.20. The standard InChI is InChI=1S/C15H13ClF2O2/c16-11-1-3-15(4-2-11)20-9-14(19)7-10-5-12(17)8-13(18)6-10/h1-6,8,14,19H,7,9H2. The highest BCUT2D eigenvalue weighted by molar-refractivity contribution is 6.30. The van der Waals surface area contributed by atoms with E-state index in [2.05, 4.69) is 0 Å². The quantitative estimate of drug-likeness (QED) is 0.914. The van der Waals surface area contributed by atoms with E-state index in [-0.39, 0.29) is 13.0 Å². The van der Waals surface area contributed by atoms with Crippen molar-refractivity contribution in [2.24, 2.45) is 0 Å². The van der Waals surface area contributed by atoms with Gasteiger partial charge in [0.15, 0.2) is 0 Å². The number of ether oxygens (including phenoxy) is 1. The minimum absolute atomic E-state index is 0.0275. The Morgan fingerprint density at radius 3 is 2.25 bits per heavy atom. The molecular weight excluding hydrogens is 286 g/mol. The number of hydrogen-bond donors (Lipinski definition) is 1. The average molecular weight is 299 g/mol. The van der Waals surface area contributed by atoms with Gasteiger partial charge < -0.3 is 9.84 Å². The van der Waals surface area contributed by atoms with Crippen LogP contribution in [0.1, 0.15) is 5.56 Å². The molecule has 2 aromatic rings. The van der Waals surface area contributed by atoms with Gasteiger partial charge in [-0.2, -0.15) is 0 Å². The summed E-state index contributed by atoms with van der Waals surface area (Å²) in [4.78, 5) is 0. The maximum Gasteiger partial charge on any atom is 0.126 e. The number of rotatable bonds is 5. The summed E-state index contributed by atoms with van der Waals surface area (Å²) in [5, 5.41) is 10.4. The van der Waals surface area contributed by atoms with Crippen LogP contribution in [0.3, 0.4) is 0 Å². The smallest absolute Gasteiger partial charge is 0.126 e. The van der Waals surface area contributed by atoms with E-state index in [1.54, 1.807) is 24.3 Å². The van der Waals surface area contributed by atoms with Crippen LogP contribution in [0, 0.1) is 11.6 Å². The van der Waals surface area contributed by atoms with Gasteiger partial charge in [-0.3, -0.25) is 0 Å². The molecule has 0 heterocycles. The lowest BCUT2D eigenvalue weighted by molar-refractivity contribution is 0.107. The third-order valence-corrected chi connectivity index (χ3v) is 2.90. The van der Waals surface area contributed by atoms with Crippen LogP contribution < -0.4 is 4.74 Å². The van der Waals surface area contributed by atoms with E-state index in [0.29, 0.717) is 16.3 Å². The normalized spacial score (nSPS) is 12.2. The van der Waals surface area contributed by atoms with E-state index in [4.69, 9.17) is 16.3 Å². The Balaban J connectivity index is 1.88. The SMILES string of the molecule is OC(COc1ccc(Cl)cc1)Cc1cc(F)cc(F)c1. The van der Waals surface area contributed by atoms with Gasteiger partial charge in [-0.15, -0.1) is 0 Å². The fraction of sp³-hybridized carbons (Fsp3) is 0.200. The summed E-state index contributed by atoms with van der Waals surface area (Å²) in [7, 11) is 0. The summed E-state index contributed by atoms with van der Waals surface area (Å²) in [6, 6.07) is 9.87. The molecule has 0 aliphatic rings. The molecule has 0 bridgehead atoms. The first-order valence-electron chi connectivity index (χ1n) is 6.04. The molecule has 2 aromatic carbocycles. The van der Waals surface area contributed by atoms with Crippen LogP contribution in [0.25, 0.3) is 0 Å². The Morgan fingerprint density at radius 2 is 1.65 bits per heavy atom. The highest BCUT2D eigenvalue weighted by Gasteiger charge is 2.09. The zero-order chi connectivity index (χ0) is 14.5. The second-order valence-corrected chi connectivity index (χ2v) is 4.84. The Morgan fingerprint density at radius 1 is 1.05 bits per heavy atom. The van der Waals surface area contributed by atoms with Crippen molar-refractivity contribution in [3.63, 3.8) is 0 Å². The van der Waals surface area contributed by atoms with E-state index in [9.17, 15) is 13.9 Å². The van der Waals surface area contributed by atoms with Gasteiger partial charge in [0.05, 0.1) is 6.10 Å². The average Bonchev–Trinajstić information content (AvgIpc) is 2.37. The molecule has 1 atom stereocenters. The van der Waals surface area contributed by atoms with Crippen molar-refractivity contribution < 1.29 is 18.6 Å². The lowest BCUT2D eigenvalue weighted by atomic mass is 10.1. The predicted molar refractivity (Wildman–Crippen MR) is 73.0 cm³/mol. The second-order valence-electron chi connectivity index (χ2n) is 4.40. The second kappa shape index (κ2) is 6.68. The number of benzene rings is 2. The number of aliphatic hydroxyl groups excluding tert-OH is 1. The van der Waals surface area contributed by atoms with Gasteiger partial charge in [0.25, 0.3) is 0 Å². The van der Waals surface area contributed by atoms with Crippen molar-refractivity contribution in [3.8, 4) is 5.75 Å². The molecule has 1 N–H and O–H groups in total. The van der Waals surface area contributed by atoms with Crippen molar-refractivity contribution >= 4 is 11.6 Å². The van der Waals surface area contributed by atoms with Gasteiger partial charge in [-0.25, -0.2) is 8.78 Å². The molecule has 2 rings (SSSR count). The molecule has 0 amide bonds. The van der Waals surface area contributed by atoms with Crippen LogP contribution in [-0.2, 0) is 6.42 Å². The molecule has 20 heavy (non-hydrogen) atoms. The number of aliphatic hydroxyl groups is 1. The highest BCUT2D eigenvalue weighted by Crippen LogP contribution is 2.16. The molecule has 0 radical (unpaired) electrons. The molecule has 1 unspecified atom stereocenters. The van der Waals surface area contributed by atoms with Crippen LogP contribution >= 0.6 is 11.6 Å². The van der Waals surface area contributed by atoms with E-state index in [1.807, 2.05) is 0 Å². The summed E-state index contributed by atoms with van der Waals surface area (Å²) >= 11 is 5.74. The monoisotopic (exact) mass is 298 g/mol. The van der Waals surface area contributed by atoms with Crippen molar-refractivity contribution in [1.29, 1.82) is 0 Å². The topological polar surface area (TPSA) is 29.5 Å². The molecule has 0 fully saturated rings. The summed E-state index contributed by atoms with van der Waals surface area (Å²) in [6.45, 7) is 0.0275. The molecule has 5 heteroatoms. The highest BCUT2D eigenvalue weighted by atomic mass is 35.5. The van der Waals surface area contributed by atoms with Crippen LogP contribution in [0.15, 0.2) is 42.5 Å². The van der Waals surface area contributed by atoms with E-state index in [1.165, 1.54) is 12.1 Å². The summed E-state index contributed by atoms with van der Waals surface area (Å²) in [6.07, 6.45) is -0.741. The molecule has 0 aromatic heterocycles. The molecule has 0 saturated carbocycles. The molecule has 0 aliphatic carbocycles. The summed E-state index contributed by atoms with van der Waals surface area (Å²) in [5.74, 6) is -0.754. The zero-order valence-corrected chi connectivity index (χ0v) is 11.3. The van der Waals surface area contributed by atoms with Gasteiger partial charge >= 0.3 is 0 Å². The first-order valence-corrected chi connectivity index (χ1v) is 6.42. The van der Waals surface area contributed by atoms with Gasteiger partial charge in [-0.05, 0) is 42.0 Å². The first-order chi connectivity index (χ1) is 9.52. The number of halogens is 3. The molecule has 0 saturated heterocycles. The summed E-state index contributed by atoms with van der Waals surface area (Å²) in [5.41, 5.74) is 0.384. The lowest BCUT2D eigenvalue weighted by Gasteiger charge is -2.12. The Bertz CT molecular complexity index is 552. The fourth-order valence-corrected chi connectivity index (χ4v) is 1.91. The Labute approximate surface area is 120 Å². The molecule has 2 nitrogen and oxygen atoms in total. The van der Waals surface area contributed by atoms with Crippen LogP contribution in [0.2, 0.25) is 5.02 Å². The fourth-order valence-electron chi connectivity index (χ4n) is 1.78. The van der Waals surface area contributed by atoms with E-state index < -0.39 is 17.7 Å². The van der Waals surface area contributed by atoms with Crippen LogP contribution in [-0.4, -0.2) is 17.8 Å². The van der Waals surface area contributed by atoms with Gasteiger partial charge in [-0.1, -0.05) is 11.6 Å². The molecule has 0 spiro atoms. The van der Waals surface area contributed by atoms with Gasteiger partial charge in [0.1, 0.15) is 24.0 Å².